The third-order valence-corrected chi connectivity index (χ3v) is 7.76. The number of methoxy groups -OCH3 is 3. The van der Waals surface area contributed by atoms with Crippen LogP contribution in [0.3, 0.4) is 0 Å². The van der Waals surface area contributed by atoms with Crippen LogP contribution in [0.2, 0.25) is 10.0 Å². The Kier molecular flexibility index (Phi) is 9.55. The molecule has 210 valence electrons. The third-order valence-electron chi connectivity index (χ3n) is 7.01. The van der Waals surface area contributed by atoms with Gasteiger partial charge in [-0.1, -0.05) is 29.8 Å². The fourth-order valence-electron chi connectivity index (χ4n) is 4.81. The monoisotopic (exact) mass is 576 g/mol. The van der Waals surface area contributed by atoms with Gasteiger partial charge in [0.05, 0.1) is 30.9 Å². The first-order valence-corrected chi connectivity index (χ1v) is 13.4. The van der Waals surface area contributed by atoms with E-state index in [0.29, 0.717) is 65.8 Å². The van der Waals surface area contributed by atoms with E-state index in [4.69, 9.17) is 42.4 Å². The van der Waals surface area contributed by atoms with Gasteiger partial charge in [-0.15, -0.1) is 0 Å². The maximum Gasteiger partial charge on any atom is 0.246 e. The predicted molar refractivity (Wildman–Crippen MR) is 155 cm³/mol. The summed E-state index contributed by atoms with van der Waals surface area (Å²) in [4.78, 5) is 27.5. The van der Waals surface area contributed by atoms with E-state index in [-0.39, 0.29) is 11.9 Å². The summed E-state index contributed by atoms with van der Waals surface area (Å²) >= 11 is 13.6. The molecule has 1 N–H and O–H groups in total. The number of halogens is 2. The molecule has 0 aliphatic carbocycles. The van der Waals surface area contributed by atoms with Crippen LogP contribution in [0.15, 0.2) is 24.9 Å². The smallest absolute Gasteiger partial charge is 0.246 e. The number of likely N-dealkylation sites (tertiary alicyclic amines) is 1. The van der Waals surface area contributed by atoms with Crippen molar-refractivity contribution in [3.63, 3.8) is 0 Å². The minimum absolute atomic E-state index is 0.0450. The van der Waals surface area contributed by atoms with E-state index in [9.17, 15) is 4.79 Å². The van der Waals surface area contributed by atoms with Crippen LogP contribution in [0.4, 0.5) is 11.8 Å². The molecule has 1 fully saturated rings. The lowest BCUT2D eigenvalue weighted by molar-refractivity contribution is -0.133. The Labute approximate surface area is 239 Å². The minimum atomic E-state index is -0.0450. The zero-order valence-electron chi connectivity index (χ0n) is 22.7. The average Bonchev–Trinajstić information content (AvgIpc) is 2.92. The number of nitrogens with one attached hydrogen (secondary N) is 1. The van der Waals surface area contributed by atoms with Crippen LogP contribution in [0.25, 0.3) is 11.6 Å². The molecular weight excluding hydrogens is 543 g/mol. The normalized spacial score (nSPS) is 15.0. The number of fused-ring (bicyclic) bond motifs is 1. The maximum atomic E-state index is 12.0. The maximum absolute atomic E-state index is 12.0. The molecule has 0 spiro atoms. The quantitative estimate of drug-likeness (QED) is 0.381. The van der Waals surface area contributed by atoms with Gasteiger partial charge in [-0.2, -0.15) is 4.98 Å². The number of carbonyl (C=O) groups excluding carboxylic acids is 1. The highest BCUT2D eigenvalue weighted by atomic mass is 35.5. The number of aromatic nitrogens is 2. The first-order chi connectivity index (χ1) is 18.8. The molecular formula is C27H34Cl2N6O4. The number of rotatable bonds is 12. The molecule has 1 aromatic carbocycles. The zero-order valence-corrected chi connectivity index (χ0v) is 24.2. The first-order valence-electron chi connectivity index (χ1n) is 12.6. The van der Waals surface area contributed by atoms with Crippen LogP contribution in [0.1, 0.15) is 11.1 Å². The van der Waals surface area contributed by atoms with Crippen molar-refractivity contribution in [3.8, 4) is 11.5 Å². The topological polar surface area (TPSA) is 92.3 Å². The molecule has 10 nitrogen and oxygen atoms in total. The molecule has 2 aliphatic heterocycles. The average molecular weight is 578 g/mol. The number of nitrogens with zero attached hydrogens (tertiary/aromatic N) is 5. The standard InChI is InChI=1S/C27H34Cl2N6O4/c1-6-22(36)35-15-19(16-35)33(9-10-37-3)7-8-34-14-18(11-17-13-31-27(30-2)32-26(17)34)23-24(28)20(38-4)12-21(39-5)25(23)29/h6,11-13,19H,1,7-10,14-16H2,2-5H3,(H,30,31,32). The van der Waals surface area contributed by atoms with Crippen molar-refractivity contribution < 1.29 is 19.0 Å². The molecule has 2 aromatic rings. The summed E-state index contributed by atoms with van der Waals surface area (Å²) in [6.07, 6.45) is 5.15. The summed E-state index contributed by atoms with van der Waals surface area (Å²) in [6.45, 7) is 8.16. The number of benzene rings is 1. The van der Waals surface area contributed by atoms with Crippen molar-refractivity contribution in [2.75, 3.05) is 84.5 Å². The Morgan fingerprint density at radius 3 is 2.49 bits per heavy atom. The van der Waals surface area contributed by atoms with Crippen LogP contribution in [-0.4, -0.2) is 106 Å². The third kappa shape index (κ3) is 6.09. The Balaban J connectivity index is 1.64. The van der Waals surface area contributed by atoms with Gasteiger partial charge in [-0.05, 0) is 17.7 Å². The largest absolute Gasteiger partial charge is 0.495 e. The predicted octanol–water partition coefficient (Wildman–Crippen LogP) is 3.55. The van der Waals surface area contributed by atoms with Gasteiger partial charge in [-0.3, -0.25) is 9.69 Å². The van der Waals surface area contributed by atoms with Gasteiger partial charge in [0, 0.05) is 82.9 Å². The molecule has 1 aromatic heterocycles. The molecule has 0 radical (unpaired) electrons. The lowest BCUT2D eigenvalue weighted by atomic mass is 9.98. The number of anilines is 2. The molecule has 1 amide bonds. The molecule has 4 rings (SSSR count). The molecule has 1 saturated heterocycles. The molecule has 3 heterocycles. The summed E-state index contributed by atoms with van der Waals surface area (Å²) in [6, 6.07) is 1.92. The Hall–Kier alpha value is -3.05. The van der Waals surface area contributed by atoms with Crippen molar-refractivity contribution in [1.82, 2.24) is 19.8 Å². The van der Waals surface area contributed by atoms with E-state index in [1.165, 1.54) is 6.08 Å². The minimum Gasteiger partial charge on any atom is -0.495 e. The van der Waals surface area contributed by atoms with Gasteiger partial charge in [0.1, 0.15) is 17.3 Å². The van der Waals surface area contributed by atoms with E-state index >= 15 is 0 Å². The summed E-state index contributed by atoms with van der Waals surface area (Å²) in [7, 11) is 6.59. The van der Waals surface area contributed by atoms with Crippen LogP contribution in [0, 0.1) is 0 Å². The highest BCUT2D eigenvalue weighted by Crippen LogP contribution is 2.45. The van der Waals surface area contributed by atoms with Crippen molar-refractivity contribution in [2.45, 2.75) is 6.04 Å². The highest BCUT2D eigenvalue weighted by molar-refractivity contribution is 6.39. The number of carbonyl (C=O) groups is 1. The molecule has 0 bridgehead atoms. The van der Waals surface area contributed by atoms with Gasteiger partial charge in [0.15, 0.2) is 0 Å². The van der Waals surface area contributed by atoms with Crippen LogP contribution < -0.4 is 19.7 Å². The van der Waals surface area contributed by atoms with Crippen molar-refractivity contribution >= 4 is 52.5 Å². The summed E-state index contributed by atoms with van der Waals surface area (Å²) in [5.41, 5.74) is 2.39. The Bertz CT molecular complexity index is 1220. The second-order valence-corrected chi connectivity index (χ2v) is 9.98. The molecule has 39 heavy (non-hydrogen) atoms. The zero-order chi connectivity index (χ0) is 28.1. The molecule has 0 unspecified atom stereocenters. The molecule has 0 saturated carbocycles. The second-order valence-electron chi connectivity index (χ2n) is 9.23. The van der Waals surface area contributed by atoms with E-state index in [1.54, 1.807) is 45.5 Å². The number of amides is 1. The van der Waals surface area contributed by atoms with Gasteiger partial charge in [0.25, 0.3) is 0 Å². The lowest BCUT2D eigenvalue weighted by Crippen LogP contribution is -2.62. The van der Waals surface area contributed by atoms with Crippen molar-refractivity contribution in [2.24, 2.45) is 0 Å². The lowest BCUT2D eigenvalue weighted by Gasteiger charge is -2.45. The number of ether oxygens (including phenoxy) is 3. The Morgan fingerprint density at radius 2 is 1.90 bits per heavy atom. The van der Waals surface area contributed by atoms with E-state index in [0.717, 1.165) is 30.0 Å². The molecule has 0 atom stereocenters. The fraction of sp³-hybridized carbons (Fsp3) is 0.444. The molecule has 12 heteroatoms. The van der Waals surface area contributed by atoms with Crippen LogP contribution in [-0.2, 0) is 9.53 Å². The van der Waals surface area contributed by atoms with E-state index < -0.39 is 0 Å². The van der Waals surface area contributed by atoms with Crippen LogP contribution >= 0.6 is 23.2 Å². The van der Waals surface area contributed by atoms with E-state index in [1.807, 2.05) is 6.08 Å². The molecule has 2 aliphatic rings. The summed E-state index contributed by atoms with van der Waals surface area (Å²) in [5, 5.41) is 3.84. The van der Waals surface area contributed by atoms with Gasteiger partial charge in [0.2, 0.25) is 11.9 Å². The number of hydrogen-bond acceptors (Lipinski definition) is 9. The van der Waals surface area contributed by atoms with Crippen molar-refractivity contribution in [3.05, 3.63) is 46.1 Å². The summed E-state index contributed by atoms with van der Waals surface area (Å²) in [5.74, 6) is 2.24. The fourth-order valence-corrected chi connectivity index (χ4v) is 5.55. The summed E-state index contributed by atoms with van der Waals surface area (Å²) < 4.78 is 16.4. The van der Waals surface area contributed by atoms with Gasteiger partial charge in [-0.25, -0.2) is 4.98 Å². The highest BCUT2D eigenvalue weighted by Gasteiger charge is 2.34. The number of hydrogen-bond donors (Lipinski definition) is 1. The first kappa shape index (κ1) is 28.9. The second kappa shape index (κ2) is 12.9. The van der Waals surface area contributed by atoms with E-state index in [2.05, 4.69) is 26.7 Å². The SMILES string of the molecule is C=CC(=O)N1CC(N(CCOC)CCN2CC(c3c(Cl)c(OC)cc(OC)c3Cl)=Cc3cnc(NC)nc32)C1. The van der Waals surface area contributed by atoms with Gasteiger partial charge < -0.3 is 29.3 Å². The Morgan fingerprint density at radius 1 is 1.21 bits per heavy atom. The van der Waals surface area contributed by atoms with Crippen LogP contribution in [0.5, 0.6) is 11.5 Å². The van der Waals surface area contributed by atoms with Gasteiger partial charge >= 0.3 is 0 Å². The van der Waals surface area contributed by atoms with Crippen molar-refractivity contribution in [1.29, 1.82) is 0 Å².